The highest BCUT2D eigenvalue weighted by Crippen LogP contribution is 2.19. The quantitative estimate of drug-likeness (QED) is 0.754. The van der Waals surface area contributed by atoms with Crippen molar-refractivity contribution in [2.75, 3.05) is 27.2 Å². The summed E-state index contributed by atoms with van der Waals surface area (Å²) < 4.78 is 0. The highest BCUT2D eigenvalue weighted by Gasteiger charge is 2.26. The molecule has 3 nitrogen and oxygen atoms in total. The van der Waals surface area contributed by atoms with Crippen LogP contribution in [0.2, 0.25) is 0 Å². The van der Waals surface area contributed by atoms with E-state index in [1.54, 1.807) is 0 Å². The second-order valence-electron chi connectivity index (χ2n) is 5.29. The zero-order chi connectivity index (χ0) is 11.4. The van der Waals surface area contributed by atoms with Crippen LogP contribution >= 0.6 is 0 Å². The fraction of sp³-hybridized carbons (Fsp3) is 0.917. The molecule has 15 heavy (non-hydrogen) atoms. The summed E-state index contributed by atoms with van der Waals surface area (Å²) in [5, 5.41) is 7.93. The van der Waals surface area contributed by atoms with Crippen LogP contribution in [0.25, 0.3) is 0 Å². The zero-order valence-electron chi connectivity index (χ0n) is 10.6. The standard InChI is InChI=1S/C12H25N3/c1-10(2)8-11(9-14(3)4)15-7-5-6-12(15)13/h10-11,13H,5-9H2,1-4H3. The predicted octanol–water partition coefficient (Wildman–Crippen LogP) is 2.04. The summed E-state index contributed by atoms with van der Waals surface area (Å²) in [6.07, 6.45) is 3.34. The number of rotatable bonds is 5. The Morgan fingerprint density at radius 3 is 2.47 bits per heavy atom. The number of likely N-dealkylation sites (tertiary alicyclic amines) is 1. The van der Waals surface area contributed by atoms with Gasteiger partial charge in [0.25, 0.3) is 0 Å². The third-order valence-corrected chi connectivity index (χ3v) is 2.92. The van der Waals surface area contributed by atoms with E-state index in [4.69, 9.17) is 5.41 Å². The Morgan fingerprint density at radius 1 is 1.40 bits per heavy atom. The van der Waals surface area contributed by atoms with Crippen LogP contribution < -0.4 is 0 Å². The first-order chi connectivity index (χ1) is 7.00. The maximum absolute atomic E-state index is 7.93. The summed E-state index contributed by atoms with van der Waals surface area (Å²) >= 11 is 0. The summed E-state index contributed by atoms with van der Waals surface area (Å²) in [6.45, 7) is 6.69. The highest BCUT2D eigenvalue weighted by molar-refractivity contribution is 5.81. The Hall–Kier alpha value is -0.570. The predicted molar refractivity (Wildman–Crippen MR) is 65.5 cm³/mol. The van der Waals surface area contributed by atoms with Crippen LogP contribution in [0.1, 0.15) is 33.1 Å². The summed E-state index contributed by atoms with van der Waals surface area (Å²) in [7, 11) is 4.24. The lowest BCUT2D eigenvalue weighted by Gasteiger charge is -2.32. The molecule has 0 aromatic rings. The fourth-order valence-corrected chi connectivity index (χ4v) is 2.36. The number of nitrogens with one attached hydrogen (secondary N) is 1. The van der Waals surface area contributed by atoms with Crippen molar-refractivity contribution in [1.82, 2.24) is 9.80 Å². The first kappa shape index (κ1) is 12.5. The van der Waals surface area contributed by atoms with Crippen molar-refractivity contribution in [2.45, 2.75) is 39.2 Å². The van der Waals surface area contributed by atoms with Gasteiger partial charge in [-0.05, 0) is 32.9 Å². The molecule has 1 saturated heterocycles. The molecule has 1 heterocycles. The molecule has 3 heteroatoms. The third kappa shape index (κ3) is 3.82. The van der Waals surface area contributed by atoms with Crippen LogP contribution in [0.3, 0.4) is 0 Å². The van der Waals surface area contributed by atoms with Crippen molar-refractivity contribution >= 4 is 5.84 Å². The highest BCUT2D eigenvalue weighted by atomic mass is 15.2. The van der Waals surface area contributed by atoms with E-state index in [1.807, 2.05) is 0 Å². The maximum atomic E-state index is 7.93. The van der Waals surface area contributed by atoms with E-state index in [1.165, 1.54) is 12.8 Å². The molecule has 0 saturated carbocycles. The summed E-state index contributed by atoms with van der Waals surface area (Å²) in [4.78, 5) is 4.54. The van der Waals surface area contributed by atoms with E-state index >= 15 is 0 Å². The average Bonchev–Trinajstić information content (AvgIpc) is 2.48. The minimum atomic E-state index is 0.537. The second-order valence-corrected chi connectivity index (χ2v) is 5.29. The number of hydrogen-bond acceptors (Lipinski definition) is 2. The molecule has 1 atom stereocenters. The summed E-state index contributed by atoms with van der Waals surface area (Å²) in [6, 6.07) is 0.537. The minimum absolute atomic E-state index is 0.537. The fourth-order valence-electron chi connectivity index (χ4n) is 2.36. The summed E-state index contributed by atoms with van der Waals surface area (Å²) in [5.41, 5.74) is 0. The van der Waals surface area contributed by atoms with Crippen molar-refractivity contribution in [3.8, 4) is 0 Å². The van der Waals surface area contributed by atoms with Crippen LogP contribution in [0.15, 0.2) is 0 Å². The molecular formula is C12H25N3. The molecule has 0 aromatic heterocycles. The van der Waals surface area contributed by atoms with E-state index in [0.29, 0.717) is 12.0 Å². The molecule has 1 N–H and O–H groups in total. The Labute approximate surface area is 94.0 Å². The van der Waals surface area contributed by atoms with Gasteiger partial charge in [0.05, 0.1) is 5.84 Å². The molecule has 0 bridgehead atoms. The van der Waals surface area contributed by atoms with Gasteiger partial charge < -0.3 is 9.80 Å². The van der Waals surface area contributed by atoms with Gasteiger partial charge in [-0.25, -0.2) is 0 Å². The largest absolute Gasteiger partial charge is 0.356 e. The SMILES string of the molecule is CC(C)CC(CN(C)C)N1CCCC1=N. The molecule has 0 radical (unpaired) electrons. The maximum Gasteiger partial charge on any atom is 0.0961 e. The lowest BCUT2D eigenvalue weighted by atomic mass is 10.0. The Bertz CT molecular complexity index is 201. The van der Waals surface area contributed by atoms with Crippen molar-refractivity contribution in [2.24, 2.45) is 5.92 Å². The van der Waals surface area contributed by atoms with E-state index in [2.05, 4.69) is 37.7 Å². The van der Waals surface area contributed by atoms with Crippen molar-refractivity contribution in [1.29, 1.82) is 5.41 Å². The third-order valence-electron chi connectivity index (χ3n) is 2.92. The van der Waals surface area contributed by atoms with Gasteiger partial charge in [0, 0.05) is 25.6 Å². The van der Waals surface area contributed by atoms with Crippen LogP contribution in [0.4, 0.5) is 0 Å². The number of hydrogen-bond donors (Lipinski definition) is 1. The molecule has 1 unspecified atom stereocenters. The van der Waals surface area contributed by atoms with Gasteiger partial charge in [-0.2, -0.15) is 0 Å². The number of amidine groups is 1. The molecule has 1 aliphatic heterocycles. The topological polar surface area (TPSA) is 30.3 Å². The first-order valence-electron chi connectivity index (χ1n) is 5.99. The normalized spacial score (nSPS) is 19.3. The molecule has 1 aliphatic rings. The lowest BCUT2D eigenvalue weighted by molar-refractivity contribution is 0.224. The lowest BCUT2D eigenvalue weighted by Crippen LogP contribution is -2.43. The van der Waals surface area contributed by atoms with E-state index in [0.717, 1.165) is 25.3 Å². The van der Waals surface area contributed by atoms with Gasteiger partial charge in [-0.15, -0.1) is 0 Å². The second kappa shape index (κ2) is 5.50. The Kier molecular flexibility index (Phi) is 4.58. The number of nitrogens with zero attached hydrogens (tertiary/aromatic N) is 2. The van der Waals surface area contributed by atoms with Gasteiger partial charge in [0.2, 0.25) is 0 Å². The molecular weight excluding hydrogens is 186 g/mol. The first-order valence-corrected chi connectivity index (χ1v) is 5.99. The minimum Gasteiger partial charge on any atom is -0.356 e. The Morgan fingerprint density at radius 2 is 2.07 bits per heavy atom. The van der Waals surface area contributed by atoms with Crippen LogP contribution in [0, 0.1) is 11.3 Å². The van der Waals surface area contributed by atoms with E-state index < -0.39 is 0 Å². The van der Waals surface area contributed by atoms with Gasteiger partial charge >= 0.3 is 0 Å². The molecule has 88 valence electrons. The smallest absolute Gasteiger partial charge is 0.0961 e. The van der Waals surface area contributed by atoms with Gasteiger partial charge in [0.15, 0.2) is 0 Å². The molecule has 0 aliphatic carbocycles. The van der Waals surface area contributed by atoms with Crippen LogP contribution in [-0.4, -0.2) is 48.9 Å². The van der Waals surface area contributed by atoms with E-state index in [-0.39, 0.29) is 0 Å². The molecule has 0 aromatic carbocycles. The van der Waals surface area contributed by atoms with Crippen molar-refractivity contribution in [3.63, 3.8) is 0 Å². The molecule has 1 rings (SSSR count). The van der Waals surface area contributed by atoms with Crippen molar-refractivity contribution < 1.29 is 0 Å². The zero-order valence-corrected chi connectivity index (χ0v) is 10.6. The van der Waals surface area contributed by atoms with Crippen LogP contribution in [0.5, 0.6) is 0 Å². The molecule has 1 fully saturated rings. The van der Waals surface area contributed by atoms with Crippen LogP contribution in [-0.2, 0) is 0 Å². The molecule has 0 amide bonds. The van der Waals surface area contributed by atoms with E-state index in [9.17, 15) is 0 Å². The molecule has 0 spiro atoms. The Balaban J connectivity index is 2.57. The average molecular weight is 211 g/mol. The van der Waals surface area contributed by atoms with Gasteiger partial charge in [0.1, 0.15) is 0 Å². The van der Waals surface area contributed by atoms with Crippen molar-refractivity contribution in [3.05, 3.63) is 0 Å². The monoisotopic (exact) mass is 211 g/mol. The summed E-state index contributed by atoms with van der Waals surface area (Å²) in [5.74, 6) is 1.56. The van der Waals surface area contributed by atoms with Gasteiger partial charge in [-0.1, -0.05) is 13.8 Å². The number of likely N-dealkylation sites (N-methyl/N-ethyl adjacent to an activating group) is 1. The van der Waals surface area contributed by atoms with Gasteiger partial charge in [-0.3, -0.25) is 5.41 Å².